The van der Waals surface area contributed by atoms with Crippen molar-refractivity contribution in [3.63, 3.8) is 0 Å². The predicted molar refractivity (Wildman–Crippen MR) is 73.9 cm³/mol. The lowest BCUT2D eigenvalue weighted by Gasteiger charge is -2.28. The van der Waals surface area contributed by atoms with Gasteiger partial charge in [-0.15, -0.1) is 0 Å². The number of amides is 2. The molecule has 1 saturated heterocycles. The summed E-state index contributed by atoms with van der Waals surface area (Å²) >= 11 is 0. The van der Waals surface area contributed by atoms with Crippen molar-refractivity contribution in [2.45, 2.75) is 52.1 Å². The van der Waals surface area contributed by atoms with Crippen molar-refractivity contribution in [1.82, 2.24) is 9.80 Å². The molecule has 19 heavy (non-hydrogen) atoms. The highest BCUT2D eigenvalue weighted by Gasteiger charge is 2.21. The van der Waals surface area contributed by atoms with Crippen molar-refractivity contribution in [3.8, 4) is 0 Å². The molecule has 1 fully saturated rings. The minimum atomic E-state index is -0.498. The van der Waals surface area contributed by atoms with E-state index in [0.717, 1.165) is 25.9 Å². The second-order valence-corrected chi connectivity index (χ2v) is 6.09. The molecule has 0 radical (unpaired) electrons. The third-order valence-corrected chi connectivity index (χ3v) is 3.08. The molecule has 1 rings (SSSR count). The van der Waals surface area contributed by atoms with Gasteiger partial charge in [0.05, 0.1) is 0 Å². The number of rotatable bonds is 3. The number of nitrogens with zero attached hydrogens (tertiary/aromatic N) is 2. The van der Waals surface area contributed by atoms with Gasteiger partial charge in [0.15, 0.2) is 0 Å². The first-order chi connectivity index (χ1) is 8.79. The molecule has 0 aliphatic carbocycles. The Bertz CT molecular complexity index is 317. The fourth-order valence-electron chi connectivity index (χ4n) is 2.00. The molecule has 5 heteroatoms. The molecule has 2 amide bonds. The van der Waals surface area contributed by atoms with Gasteiger partial charge in [-0.25, -0.2) is 4.79 Å². The predicted octanol–water partition coefficient (Wildman–Crippen LogP) is 2.26. The third-order valence-electron chi connectivity index (χ3n) is 3.08. The first kappa shape index (κ1) is 15.8. The number of piperidine rings is 1. The molecule has 0 aromatic rings. The van der Waals surface area contributed by atoms with E-state index in [-0.39, 0.29) is 12.0 Å². The Morgan fingerprint density at radius 3 is 2.26 bits per heavy atom. The van der Waals surface area contributed by atoms with Gasteiger partial charge in [0.1, 0.15) is 5.60 Å². The smallest absolute Gasteiger partial charge is 0.410 e. The summed E-state index contributed by atoms with van der Waals surface area (Å²) in [5, 5.41) is 0. The molecule has 0 aromatic heterocycles. The molecule has 1 aliphatic heterocycles. The second-order valence-electron chi connectivity index (χ2n) is 6.09. The van der Waals surface area contributed by atoms with Gasteiger partial charge in [-0.05, 0) is 40.0 Å². The summed E-state index contributed by atoms with van der Waals surface area (Å²) in [5.74, 6) is 0.134. The Labute approximate surface area is 115 Å². The van der Waals surface area contributed by atoms with E-state index in [0.29, 0.717) is 13.0 Å². The summed E-state index contributed by atoms with van der Waals surface area (Å²) in [4.78, 5) is 27.0. The Morgan fingerprint density at radius 2 is 1.74 bits per heavy atom. The summed E-state index contributed by atoms with van der Waals surface area (Å²) in [6.07, 6.45) is 3.39. The maximum atomic E-state index is 12.0. The van der Waals surface area contributed by atoms with Gasteiger partial charge >= 0.3 is 6.09 Å². The zero-order chi connectivity index (χ0) is 14.5. The maximum absolute atomic E-state index is 12.0. The summed E-state index contributed by atoms with van der Waals surface area (Å²) in [5.41, 5.74) is -0.498. The summed E-state index contributed by atoms with van der Waals surface area (Å²) in [7, 11) is 1.66. The van der Waals surface area contributed by atoms with Gasteiger partial charge in [-0.2, -0.15) is 0 Å². The van der Waals surface area contributed by atoms with Gasteiger partial charge in [-0.1, -0.05) is 0 Å². The first-order valence-corrected chi connectivity index (χ1v) is 7.01. The van der Waals surface area contributed by atoms with Crippen LogP contribution >= 0.6 is 0 Å². The number of hydrogen-bond donors (Lipinski definition) is 0. The Hall–Kier alpha value is -1.26. The average molecular weight is 270 g/mol. The second kappa shape index (κ2) is 6.78. The average Bonchev–Trinajstić information content (AvgIpc) is 2.34. The quantitative estimate of drug-likeness (QED) is 0.790. The molecular formula is C14H26N2O3. The van der Waals surface area contributed by atoms with E-state index in [4.69, 9.17) is 4.74 Å². The van der Waals surface area contributed by atoms with Crippen molar-refractivity contribution in [1.29, 1.82) is 0 Å². The fraction of sp³-hybridized carbons (Fsp3) is 0.857. The van der Waals surface area contributed by atoms with Gasteiger partial charge in [0, 0.05) is 33.1 Å². The summed E-state index contributed by atoms with van der Waals surface area (Å²) in [6.45, 7) is 7.61. The van der Waals surface area contributed by atoms with E-state index >= 15 is 0 Å². The van der Waals surface area contributed by atoms with Crippen LogP contribution in [0, 0.1) is 0 Å². The van der Waals surface area contributed by atoms with E-state index in [1.54, 1.807) is 7.05 Å². The Balaban J connectivity index is 2.30. The van der Waals surface area contributed by atoms with E-state index < -0.39 is 5.60 Å². The van der Waals surface area contributed by atoms with Crippen molar-refractivity contribution < 1.29 is 14.3 Å². The third kappa shape index (κ3) is 5.94. The molecule has 0 unspecified atom stereocenters. The van der Waals surface area contributed by atoms with Crippen molar-refractivity contribution in [2.24, 2.45) is 0 Å². The van der Waals surface area contributed by atoms with Crippen LogP contribution in [0.1, 0.15) is 46.5 Å². The minimum absolute atomic E-state index is 0.134. The lowest BCUT2D eigenvalue weighted by molar-refractivity contribution is -0.132. The summed E-state index contributed by atoms with van der Waals surface area (Å²) in [6, 6.07) is 0. The lowest BCUT2D eigenvalue weighted by Crippen LogP contribution is -2.39. The minimum Gasteiger partial charge on any atom is -0.444 e. The molecule has 1 aliphatic rings. The highest BCUT2D eigenvalue weighted by Crippen LogP contribution is 2.11. The number of ether oxygens (including phenoxy) is 1. The van der Waals surface area contributed by atoms with Crippen molar-refractivity contribution in [3.05, 3.63) is 0 Å². The van der Waals surface area contributed by atoms with E-state index in [1.165, 1.54) is 11.3 Å². The Kier molecular flexibility index (Phi) is 5.63. The topological polar surface area (TPSA) is 49.9 Å². The van der Waals surface area contributed by atoms with Crippen LogP contribution in [0.4, 0.5) is 4.79 Å². The first-order valence-electron chi connectivity index (χ1n) is 7.01. The number of hydrogen-bond acceptors (Lipinski definition) is 3. The summed E-state index contributed by atoms with van der Waals surface area (Å²) < 4.78 is 5.24. The number of likely N-dealkylation sites (tertiary alicyclic amines) is 1. The van der Waals surface area contributed by atoms with Gasteiger partial charge < -0.3 is 14.5 Å². The molecule has 0 aromatic carbocycles. The molecule has 110 valence electrons. The van der Waals surface area contributed by atoms with Crippen LogP contribution in [0.5, 0.6) is 0 Å². The van der Waals surface area contributed by atoms with Crippen LogP contribution < -0.4 is 0 Å². The molecular weight excluding hydrogens is 244 g/mol. The van der Waals surface area contributed by atoms with Crippen LogP contribution in [0.25, 0.3) is 0 Å². The van der Waals surface area contributed by atoms with E-state index in [9.17, 15) is 9.59 Å². The highest BCUT2D eigenvalue weighted by atomic mass is 16.6. The normalized spacial score (nSPS) is 16.1. The molecule has 0 spiro atoms. The van der Waals surface area contributed by atoms with Crippen LogP contribution in [0.15, 0.2) is 0 Å². The SMILES string of the molecule is CN(CCC(=O)N1CCCCC1)C(=O)OC(C)(C)C. The fourth-order valence-corrected chi connectivity index (χ4v) is 2.00. The number of carbonyl (C=O) groups is 2. The van der Waals surface area contributed by atoms with Crippen LogP contribution in [0.2, 0.25) is 0 Å². The zero-order valence-corrected chi connectivity index (χ0v) is 12.6. The van der Waals surface area contributed by atoms with Gasteiger partial charge in [0.25, 0.3) is 0 Å². The molecule has 0 atom stereocenters. The van der Waals surface area contributed by atoms with Crippen molar-refractivity contribution in [2.75, 3.05) is 26.7 Å². The van der Waals surface area contributed by atoms with Gasteiger partial charge in [-0.3, -0.25) is 4.79 Å². The lowest BCUT2D eigenvalue weighted by atomic mass is 10.1. The largest absolute Gasteiger partial charge is 0.444 e. The zero-order valence-electron chi connectivity index (χ0n) is 12.6. The molecule has 0 bridgehead atoms. The van der Waals surface area contributed by atoms with Crippen LogP contribution in [-0.2, 0) is 9.53 Å². The number of carbonyl (C=O) groups excluding carboxylic acids is 2. The van der Waals surface area contributed by atoms with Crippen LogP contribution in [-0.4, -0.2) is 54.1 Å². The highest BCUT2D eigenvalue weighted by molar-refractivity contribution is 5.77. The molecule has 0 N–H and O–H groups in total. The van der Waals surface area contributed by atoms with Gasteiger partial charge in [0.2, 0.25) is 5.91 Å². The van der Waals surface area contributed by atoms with Crippen molar-refractivity contribution >= 4 is 12.0 Å². The standard InChI is InChI=1S/C14H26N2O3/c1-14(2,3)19-13(18)15(4)11-8-12(17)16-9-6-5-7-10-16/h5-11H2,1-4H3. The Morgan fingerprint density at radius 1 is 1.16 bits per heavy atom. The van der Waals surface area contributed by atoms with E-state index in [1.807, 2.05) is 25.7 Å². The van der Waals surface area contributed by atoms with E-state index in [2.05, 4.69) is 0 Å². The molecule has 5 nitrogen and oxygen atoms in total. The molecule has 0 saturated carbocycles. The maximum Gasteiger partial charge on any atom is 0.410 e. The molecule has 1 heterocycles. The van der Waals surface area contributed by atoms with Crippen LogP contribution in [0.3, 0.4) is 0 Å². The monoisotopic (exact) mass is 270 g/mol.